The lowest BCUT2D eigenvalue weighted by Gasteiger charge is -2.20. The number of methoxy groups -OCH3 is 3. The predicted molar refractivity (Wildman–Crippen MR) is 369 cm³/mol. The van der Waals surface area contributed by atoms with Gasteiger partial charge in [0.25, 0.3) is 5.24 Å². The van der Waals surface area contributed by atoms with Gasteiger partial charge in [0.1, 0.15) is 23.3 Å². The van der Waals surface area contributed by atoms with E-state index in [1.807, 2.05) is 131 Å². The molecule has 2 amide bonds. The quantitative estimate of drug-likeness (QED) is 0.0214. The highest BCUT2D eigenvalue weighted by atomic mass is 32.2. The second-order valence-electron chi connectivity index (χ2n) is 23.2. The Kier molecular flexibility index (Phi) is 23.6. The Labute approximate surface area is 550 Å². The zero-order valence-corrected chi connectivity index (χ0v) is 55.6. The molecule has 496 valence electrons. The highest BCUT2D eigenvalue weighted by Gasteiger charge is 2.28. The van der Waals surface area contributed by atoms with Gasteiger partial charge in [-0.2, -0.15) is 29.9 Å². The number of amides is 2. The van der Waals surface area contributed by atoms with Crippen LogP contribution in [0.3, 0.4) is 0 Å². The summed E-state index contributed by atoms with van der Waals surface area (Å²) in [6.07, 6.45) is 4.65. The van der Waals surface area contributed by atoms with Crippen LogP contribution in [0.4, 0.5) is 40.1 Å². The fraction of sp³-hybridized carbons (Fsp3) is 0.379. The van der Waals surface area contributed by atoms with Crippen molar-refractivity contribution in [3.05, 3.63) is 144 Å². The molecule has 0 radical (unpaired) electrons. The number of aromatic nitrogens is 12. The lowest BCUT2D eigenvalue weighted by atomic mass is 10.1. The first-order valence-electron chi connectivity index (χ1n) is 31.0. The topological polar surface area (TPSA) is 329 Å². The van der Waals surface area contributed by atoms with Crippen LogP contribution in [0.25, 0.3) is 33.5 Å². The second-order valence-corrected chi connectivity index (χ2v) is 24.2. The molecule has 1 aliphatic rings. The van der Waals surface area contributed by atoms with Crippen LogP contribution >= 0.6 is 11.8 Å². The largest absolute Gasteiger partial charge is 0.497 e. The molecule has 1 saturated heterocycles. The molecule has 0 spiro atoms. The molecule has 1 aliphatic heterocycles. The number of anilines is 6. The smallest absolute Gasteiger partial charge is 0.279 e. The summed E-state index contributed by atoms with van der Waals surface area (Å²) in [5, 5.41) is 44.9. The molecule has 3 atom stereocenters. The molecule has 2 unspecified atom stereocenters. The Morgan fingerprint density at radius 3 is 1.34 bits per heavy atom. The Morgan fingerprint density at radius 1 is 0.564 bits per heavy atom. The average Bonchev–Trinajstić information content (AvgIpc) is 1.64. The molecule has 94 heavy (non-hydrogen) atoms. The summed E-state index contributed by atoms with van der Waals surface area (Å²) >= 11 is 1.10. The van der Waals surface area contributed by atoms with E-state index >= 15 is 0 Å². The van der Waals surface area contributed by atoms with Crippen molar-refractivity contribution in [2.45, 2.75) is 111 Å². The molecular weight excluding hydrogens is 1220 g/mol. The number of fused-ring (bicyclic) bond motifs is 3. The zero-order valence-electron chi connectivity index (χ0n) is 54.7. The minimum Gasteiger partial charge on any atom is -0.497 e. The number of aliphatic hydroxyl groups is 2. The molecule has 4 aromatic carbocycles. The van der Waals surface area contributed by atoms with E-state index in [2.05, 4.69) is 129 Å². The Balaban J connectivity index is 0.000000166. The molecule has 6 aromatic heterocycles. The minimum atomic E-state index is -0.666. The molecule has 7 heterocycles. The molecule has 28 heteroatoms. The first-order valence-corrected chi connectivity index (χ1v) is 32.0. The number of nitrogens with zero attached hydrogens (tertiary/aromatic N) is 12. The maximum atomic E-state index is 12.2. The highest BCUT2D eigenvalue weighted by Crippen LogP contribution is 2.29. The molecule has 0 saturated carbocycles. The Bertz CT molecular complexity index is 4070. The number of nitrogens with one attached hydrogen (secondary N) is 8. The standard InChI is InChI=1S/C24H28N6O2.C21H26N8O3S.C21H30N6O2/c1-16(2)30-15-27-21-22(25-13-17-9-11-19(32-3)12-10-17)28-24(29-23(21)30)26-14-20(31)18-7-5-4-6-8-18;1-12(2)29-11-25-16-17(22-8-13-4-6-14(32-3)7-5-13)27-20(28-18(16)29)24-10-23-19(30)15-9-33-21(31)26-15;1-13(2)17(11-28)24-21-25-19(18-20(26-21)27(12-23-18)14(3)4)22-10-15-6-8-16(29-5)9-7-15/h4-12,15-16,20,31H,13-14H2,1-3H3,(H2,25,26,28,29);4-7,11-12,15H,8-10H2,1-3H3,(H,23,30)(H,26,31)(H2,22,24,27,28);6-9,12-14,17,28H,10-11H2,1-5H3,(H2,22,24,25,26)/t;15-;/m.1./s1. The van der Waals surface area contributed by atoms with Gasteiger partial charge < -0.3 is 80.7 Å². The molecule has 0 bridgehead atoms. The number of thioether (sulfide) groups is 1. The maximum absolute atomic E-state index is 12.2. The van der Waals surface area contributed by atoms with Crippen LogP contribution in [0.5, 0.6) is 17.2 Å². The van der Waals surface area contributed by atoms with E-state index in [0.717, 1.165) is 68.1 Å². The van der Waals surface area contributed by atoms with Crippen LogP contribution in [0.1, 0.15) is 102 Å². The SMILES string of the molecule is COc1ccc(CNc2nc(NC(CO)C(C)C)nc3c2ncn3C(C)C)cc1.COc1ccc(CNc2nc(NCC(O)c3ccccc3)nc3c2ncn3C(C)C)cc1.COc1ccc(CNc2nc(NCNC(=O)[C@H]3CSC(=O)N3)nc3c2ncn3C(C)C)cc1. The van der Waals surface area contributed by atoms with Gasteiger partial charge in [-0.05, 0) is 106 Å². The van der Waals surface area contributed by atoms with Crippen LogP contribution in [-0.4, -0.2) is 139 Å². The summed E-state index contributed by atoms with van der Waals surface area (Å²) in [6, 6.07) is 33.0. The predicted octanol–water partition coefficient (Wildman–Crippen LogP) is 9.97. The van der Waals surface area contributed by atoms with Crippen LogP contribution in [-0.2, 0) is 24.4 Å². The second kappa shape index (κ2) is 32.5. The maximum Gasteiger partial charge on any atom is 0.279 e. The number of hydrogen-bond donors (Lipinski definition) is 10. The number of hydrogen-bond acceptors (Lipinski definition) is 23. The third-order valence-corrected chi connectivity index (χ3v) is 16.1. The van der Waals surface area contributed by atoms with Gasteiger partial charge in [-0.25, -0.2) is 15.0 Å². The zero-order chi connectivity index (χ0) is 66.8. The molecule has 10 N–H and O–H groups in total. The number of carbonyl (C=O) groups is 2. The van der Waals surface area contributed by atoms with Crippen LogP contribution in [0.2, 0.25) is 0 Å². The lowest BCUT2D eigenvalue weighted by Crippen LogP contribution is -2.44. The molecule has 10 aromatic rings. The lowest BCUT2D eigenvalue weighted by molar-refractivity contribution is -0.122. The Morgan fingerprint density at radius 2 is 0.968 bits per heavy atom. The molecule has 27 nitrogen and oxygen atoms in total. The van der Waals surface area contributed by atoms with Crippen molar-refractivity contribution in [2.75, 3.05) is 78.8 Å². The highest BCUT2D eigenvalue weighted by molar-refractivity contribution is 8.14. The van der Waals surface area contributed by atoms with Crippen molar-refractivity contribution in [1.29, 1.82) is 0 Å². The van der Waals surface area contributed by atoms with Crippen LogP contribution in [0, 0.1) is 5.92 Å². The van der Waals surface area contributed by atoms with E-state index in [1.54, 1.807) is 40.3 Å². The van der Waals surface area contributed by atoms with Gasteiger partial charge >= 0.3 is 0 Å². The van der Waals surface area contributed by atoms with E-state index in [0.29, 0.717) is 83.9 Å². The number of rotatable bonds is 27. The summed E-state index contributed by atoms with van der Waals surface area (Å²) < 4.78 is 21.6. The van der Waals surface area contributed by atoms with Gasteiger partial charge in [0, 0.05) is 50.1 Å². The number of benzene rings is 4. The van der Waals surface area contributed by atoms with Crippen molar-refractivity contribution in [1.82, 2.24) is 69.2 Å². The third-order valence-electron chi connectivity index (χ3n) is 15.2. The van der Waals surface area contributed by atoms with Gasteiger partial charge in [-0.3, -0.25) is 9.59 Å². The summed E-state index contributed by atoms with van der Waals surface area (Å²) in [5.41, 5.74) is 8.38. The fourth-order valence-corrected chi connectivity index (χ4v) is 10.5. The molecular formula is C66H84N20O7S. The summed E-state index contributed by atoms with van der Waals surface area (Å²) in [4.78, 5) is 64.9. The van der Waals surface area contributed by atoms with Gasteiger partial charge in [0.2, 0.25) is 23.8 Å². The first-order chi connectivity index (χ1) is 45.4. The van der Waals surface area contributed by atoms with Crippen LogP contribution < -0.4 is 56.7 Å². The number of imidazole rings is 3. The van der Waals surface area contributed by atoms with Gasteiger partial charge in [0.15, 0.2) is 50.9 Å². The summed E-state index contributed by atoms with van der Waals surface area (Å²) in [5.74, 6) is 5.99. The van der Waals surface area contributed by atoms with E-state index in [-0.39, 0.29) is 54.5 Å². The third kappa shape index (κ3) is 17.7. The monoisotopic (exact) mass is 1300 g/mol. The van der Waals surface area contributed by atoms with E-state index < -0.39 is 12.1 Å². The summed E-state index contributed by atoms with van der Waals surface area (Å²) in [7, 11) is 4.94. The van der Waals surface area contributed by atoms with Crippen molar-refractivity contribution in [2.24, 2.45) is 5.92 Å². The van der Waals surface area contributed by atoms with Crippen LogP contribution in [0.15, 0.2) is 122 Å². The van der Waals surface area contributed by atoms with Gasteiger partial charge in [-0.1, -0.05) is 92.3 Å². The average molecular weight is 1300 g/mol. The molecule has 11 rings (SSSR count). The van der Waals surface area contributed by atoms with Gasteiger partial charge in [-0.15, -0.1) is 0 Å². The number of aliphatic hydroxyl groups excluding tert-OH is 2. The minimum absolute atomic E-state index is 0.0110. The van der Waals surface area contributed by atoms with Gasteiger partial charge in [0.05, 0.1) is 65.7 Å². The fourth-order valence-electron chi connectivity index (χ4n) is 9.69. The van der Waals surface area contributed by atoms with E-state index in [1.165, 1.54) is 0 Å². The number of ether oxygens (including phenoxy) is 3. The normalized spacial score (nSPS) is 13.5. The molecule has 0 aliphatic carbocycles. The van der Waals surface area contributed by atoms with Crippen molar-refractivity contribution in [3.63, 3.8) is 0 Å². The van der Waals surface area contributed by atoms with Crippen molar-refractivity contribution >= 4 is 91.7 Å². The first kappa shape index (κ1) is 68.3. The molecule has 1 fully saturated rings. The number of carbonyl (C=O) groups excluding carboxylic acids is 2. The van der Waals surface area contributed by atoms with E-state index in [4.69, 9.17) is 14.2 Å². The summed E-state index contributed by atoms with van der Waals surface area (Å²) in [6.45, 7) is 18.7. The van der Waals surface area contributed by atoms with Crippen molar-refractivity contribution in [3.8, 4) is 17.2 Å². The van der Waals surface area contributed by atoms with E-state index in [9.17, 15) is 19.8 Å². The van der Waals surface area contributed by atoms with Crippen molar-refractivity contribution < 1.29 is 34.0 Å². The Hall–Kier alpha value is -10.1.